The lowest BCUT2D eigenvalue weighted by Gasteiger charge is -2.19. The monoisotopic (exact) mass is 350 g/mol. The molecule has 1 heterocycles. The zero-order chi connectivity index (χ0) is 18.7. The molecule has 1 aromatic heterocycles. The molecule has 134 valence electrons. The number of rotatable bonds is 4. The Morgan fingerprint density at radius 1 is 1.08 bits per heavy atom. The Hall–Kier alpha value is -3.15. The minimum absolute atomic E-state index is 0.331. The first kappa shape index (κ1) is 17.7. The van der Waals surface area contributed by atoms with Crippen molar-refractivity contribution >= 4 is 28.6 Å². The number of hydrogen-bond acceptors (Lipinski definition) is 6. The largest absolute Gasteiger partial charge is 0.456 e. The highest BCUT2D eigenvalue weighted by Crippen LogP contribution is 2.19. The Morgan fingerprint density at radius 3 is 2.46 bits per heavy atom. The average molecular weight is 350 g/mol. The normalized spacial score (nSPS) is 11.3. The van der Waals surface area contributed by atoms with Gasteiger partial charge in [-0.2, -0.15) is 4.98 Å². The number of nitrogens with one attached hydrogen (secondary N) is 1. The maximum Gasteiger partial charge on any atom is 0.338 e. The number of carbonyl (C=O) groups is 1. The third-order valence-corrected chi connectivity index (χ3v) is 3.67. The van der Waals surface area contributed by atoms with Gasteiger partial charge in [-0.05, 0) is 50.6 Å². The highest BCUT2D eigenvalue weighted by Gasteiger charge is 2.17. The molecular weight excluding hydrogens is 328 g/mol. The Labute approximate surface area is 152 Å². The van der Waals surface area contributed by atoms with Crippen molar-refractivity contribution in [2.45, 2.75) is 32.9 Å². The molecule has 6 nitrogen and oxygen atoms in total. The second kappa shape index (κ2) is 7.00. The number of nitrogen functional groups attached to an aromatic ring is 1. The molecule has 0 aliphatic rings. The van der Waals surface area contributed by atoms with Crippen molar-refractivity contribution in [3.63, 3.8) is 0 Å². The van der Waals surface area contributed by atoms with Crippen LogP contribution in [0.2, 0.25) is 0 Å². The van der Waals surface area contributed by atoms with E-state index in [1.165, 1.54) is 0 Å². The van der Waals surface area contributed by atoms with Crippen LogP contribution in [0.3, 0.4) is 0 Å². The fourth-order valence-corrected chi connectivity index (χ4v) is 2.46. The van der Waals surface area contributed by atoms with Gasteiger partial charge >= 0.3 is 5.97 Å². The molecule has 3 N–H and O–H groups in total. The molecule has 0 aliphatic carbocycles. The number of nitrogens with zero attached hydrogens (tertiary/aromatic N) is 2. The van der Waals surface area contributed by atoms with E-state index in [1.54, 1.807) is 12.1 Å². The van der Waals surface area contributed by atoms with Crippen LogP contribution < -0.4 is 11.1 Å². The third kappa shape index (κ3) is 4.27. The fraction of sp³-hybridized carbons (Fsp3) is 0.250. The van der Waals surface area contributed by atoms with Gasteiger partial charge in [-0.15, -0.1) is 0 Å². The molecular formula is C20H22N4O2. The molecule has 0 bridgehead atoms. The van der Waals surface area contributed by atoms with Crippen molar-refractivity contribution in [2.24, 2.45) is 0 Å². The topological polar surface area (TPSA) is 90.1 Å². The van der Waals surface area contributed by atoms with Crippen molar-refractivity contribution in [3.05, 3.63) is 59.7 Å². The Morgan fingerprint density at radius 2 is 1.77 bits per heavy atom. The van der Waals surface area contributed by atoms with Crippen LogP contribution in [0.5, 0.6) is 0 Å². The summed E-state index contributed by atoms with van der Waals surface area (Å²) in [7, 11) is 0. The lowest BCUT2D eigenvalue weighted by molar-refractivity contribution is 0.00695. The summed E-state index contributed by atoms with van der Waals surface area (Å²) < 4.78 is 5.36. The van der Waals surface area contributed by atoms with Crippen LogP contribution in [0, 0.1) is 0 Å². The van der Waals surface area contributed by atoms with E-state index in [0.29, 0.717) is 23.9 Å². The van der Waals surface area contributed by atoms with E-state index < -0.39 is 5.60 Å². The summed E-state index contributed by atoms with van der Waals surface area (Å²) in [5.41, 5.74) is 7.79. The van der Waals surface area contributed by atoms with E-state index in [-0.39, 0.29) is 5.97 Å². The molecule has 0 spiro atoms. The highest BCUT2D eigenvalue weighted by molar-refractivity contribution is 5.90. The number of hydrogen-bond donors (Lipinski definition) is 2. The Kier molecular flexibility index (Phi) is 4.75. The van der Waals surface area contributed by atoms with E-state index in [9.17, 15) is 4.79 Å². The van der Waals surface area contributed by atoms with Crippen LogP contribution in [0.4, 0.5) is 11.8 Å². The van der Waals surface area contributed by atoms with Crippen molar-refractivity contribution in [2.75, 3.05) is 11.1 Å². The van der Waals surface area contributed by atoms with Gasteiger partial charge in [-0.1, -0.05) is 24.3 Å². The van der Waals surface area contributed by atoms with Gasteiger partial charge in [0.2, 0.25) is 5.95 Å². The molecule has 6 heteroatoms. The molecule has 0 fully saturated rings. The molecule has 3 rings (SSSR count). The van der Waals surface area contributed by atoms with E-state index in [2.05, 4.69) is 15.3 Å². The van der Waals surface area contributed by atoms with Crippen molar-refractivity contribution < 1.29 is 9.53 Å². The lowest BCUT2D eigenvalue weighted by atomic mass is 10.1. The van der Waals surface area contributed by atoms with Gasteiger partial charge in [0.15, 0.2) is 0 Å². The zero-order valence-electron chi connectivity index (χ0n) is 15.1. The number of fused-ring (bicyclic) bond motifs is 1. The van der Waals surface area contributed by atoms with Crippen molar-refractivity contribution in [1.82, 2.24) is 9.97 Å². The maximum atomic E-state index is 12.0. The molecule has 0 radical (unpaired) electrons. The maximum absolute atomic E-state index is 12.0. The molecule has 0 aliphatic heterocycles. The fourth-order valence-electron chi connectivity index (χ4n) is 2.46. The second-order valence-corrected chi connectivity index (χ2v) is 7.00. The number of carbonyl (C=O) groups excluding carboxylic acids is 1. The summed E-state index contributed by atoms with van der Waals surface area (Å²) in [5, 5.41) is 4.00. The molecule has 0 unspecified atom stereocenters. The molecule has 3 aromatic rings. The van der Waals surface area contributed by atoms with E-state index in [0.717, 1.165) is 16.5 Å². The summed E-state index contributed by atoms with van der Waals surface area (Å²) in [6.07, 6.45) is 0. The summed E-state index contributed by atoms with van der Waals surface area (Å²) in [4.78, 5) is 20.8. The van der Waals surface area contributed by atoms with Crippen molar-refractivity contribution in [1.29, 1.82) is 0 Å². The smallest absolute Gasteiger partial charge is 0.338 e. The van der Waals surface area contributed by atoms with Crippen LogP contribution >= 0.6 is 0 Å². The standard InChI is InChI=1S/C20H22N4O2/c1-20(2,3)26-18(25)14-10-8-13(9-11-14)12-22-19-23-16-7-5-4-6-15(16)17(21)24-19/h4-11H,12H2,1-3H3,(H3,21,22,23,24). The Bertz CT molecular complexity index is 931. The van der Waals surface area contributed by atoms with E-state index in [1.807, 2.05) is 57.2 Å². The highest BCUT2D eigenvalue weighted by atomic mass is 16.6. The zero-order valence-corrected chi connectivity index (χ0v) is 15.1. The lowest BCUT2D eigenvalue weighted by Crippen LogP contribution is -2.23. The van der Waals surface area contributed by atoms with E-state index >= 15 is 0 Å². The molecule has 2 aromatic carbocycles. The van der Waals surface area contributed by atoms with Crippen LogP contribution in [0.25, 0.3) is 10.9 Å². The first-order valence-corrected chi connectivity index (χ1v) is 8.40. The number of esters is 1. The third-order valence-electron chi connectivity index (χ3n) is 3.67. The van der Waals surface area contributed by atoms with Gasteiger partial charge < -0.3 is 15.8 Å². The molecule has 0 atom stereocenters. The van der Waals surface area contributed by atoms with Crippen molar-refractivity contribution in [3.8, 4) is 0 Å². The SMILES string of the molecule is CC(C)(C)OC(=O)c1ccc(CNc2nc(N)c3ccccc3n2)cc1. The summed E-state index contributed by atoms with van der Waals surface area (Å²) in [6.45, 7) is 6.06. The quantitative estimate of drug-likeness (QED) is 0.696. The van der Waals surface area contributed by atoms with Gasteiger partial charge in [-0.3, -0.25) is 0 Å². The average Bonchev–Trinajstić information content (AvgIpc) is 2.59. The van der Waals surface area contributed by atoms with Gasteiger partial charge in [0.1, 0.15) is 11.4 Å². The van der Waals surface area contributed by atoms with E-state index in [4.69, 9.17) is 10.5 Å². The first-order chi connectivity index (χ1) is 12.3. The Balaban J connectivity index is 1.68. The van der Waals surface area contributed by atoms with Crippen LogP contribution in [-0.2, 0) is 11.3 Å². The number of para-hydroxylation sites is 1. The number of ether oxygens (including phenoxy) is 1. The van der Waals surface area contributed by atoms with Gasteiger partial charge in [-0.25, -0.2) is 9.78 Å². The number of aromatic nitrogens is 2. The van der Waals surface area contributed by atoms with Crippen LogP contribution in [0.15, 0.2) is 48.5 Å². The molecule has 0 saturated carbocycles. The van der Waals surface area contributed by atoms with Crippen LogP contribution in [0.1, 0.15) is 36.7 Å². The van der Waals surface area contributed by atoms with Gasteiger partial charge in [0.05, 0.1) is 11.1 Å². The molecule has 26 heavy (non-hydrogen) atoms. The predicted octanol–water partition coefficient (Wildman–Crippen LogP) is 3.78. The second-order valence-electron chi connectivity index (χ2n) is 7.00. The number of anilines is 2. The van der Waals surface area contributed by atoms with Gasteiger partial charge in [0.25, 0.3) is 0 Å². The predicted molar refractivity (Wildman–Crippen MR) is 103 cm³/mol. The summed E-state index contributed by atoms with van der Waals surface area (Å²) >= 11 is 0. The molecule has 0 saturated heterocycles. The minimum atomic E-state index is -0.509. The summed E-state index contributed by atoms with van der Waals surface area (Å²) in [6, 6.07) is 14.8. The summed E-state index contributed by atoms with van der Waals surface area (Å²) in [5.74, 6) is 0.582. The van der Waals surface area contributed by atoms with Gasteiger partial charge in [0, 0.05) is 11.9 Å². The van der Waals surface area contributed by atoms with Crippen LogP contribution in [-0.4, -0.2) is 21.5 Å². The minimum Gasteiger partial charge on any atom is -0.456 e. The first-order valence-electron chi connectivity index (χ1n) is 8.40. The number of nitrogens with two attached hydrogens (primary N) is 1. The number of benzene rings is 2. The molecule has 0 amide bonds.